The number of carbonyl (C=O) groups excluding carboxylic acids is 2. The van der Waals surface area contributed by atoms with Crippen molar-refractivity contribution in [1.29, 1.82) is 0 Å². The van der Waals surface area contributed by atoms with Crippen LogP contribution in [0.25, 0.3) is 0 Å². The van der Waals surface area contributed by atoms with Gasteiger partial charge in [0.15, 0.2) is 11.6 Å². The normalized spacial score (nSPS) is 10.9. The average molecular weight is 451 g/mol. The lowest BCUT2D eigenvalue weighted by Crippen LogP contribution is -2.03. The van der Waals surface area contributed by atoms with E-state index in [2.05, 4.69) is 0 Å². The maximum atomic E-state index is 12.4. The summed E-state index contributed by atoms with van der Waals surface area (Å²) >= 11 is 12.1. The van der Waals surface area contributed by atoms with Gasteiger partial charge >= 0.3 is 0 Å². The minimum absolute atomic E-state index is 0.0208. The Labute approximate surface area is 187 Å². The Hall–Kier alpha value is -2.04. The minimum atomic E-state index is -0.0882. The number of halogens is 2. The molecule has 2 N–H and O–H groups in total. The third-order valence-electron chi connectivity index (χ3n) is 5.37. The highest BCUT2D eigenvalue weighted by Gasteiger charge is 2.17. The molecule has 2 rings (SSSR count). The Morgan fingerprint density at radius 2 is 1.00 bits per heavy atom. The van der Waals surface area contributed by atoms with Crippen molar-refractivity contribution in [1.82, 2.24) is 0 Å². The van der Waals surface area contributed by atoms with E-state index < -0.39 is 0 Å². The van der Waals surface area contributed by atoms with Gasteiger partial charge in [0.2, 0.25) is 0 Å². The van der Waals surface area contributed by atoms with Gasteiger partial charge in [-0.15, -0.1) is 0 Å². The maximum Gasteiger partial charge on any atom is 0.166 e. The summed E-state index contributed by atoms with van der Waals surface area (Å²) in [6.07, 6.45) is 6.02. The summed E-state index contributed by atoms with van der Waals surface area (Å²) in [7, 11) is 0. The molecule has 2 aromatic rings. The van der Waals surface area contributed by atoms with E-state index >= 15 is 0 Å². The quantitative estimate of drug-likeness (QED) is 0.280. The molecule has 0 aliphatic heterocycles. The number of Topliss-reactive ketones (excluding diaryl/α,β-unsaturated/α-hetero) is 2. The van der Waals surface area contributed by atoms with E-state index in [1.807, 2.05) is 0 Å². The Morgan fingerprint density at radius 1 is 0.667 bits per heavy atom. The first-order valence-electron chi connectivity index (χ1n) is 10.3. The highest BCUT2D eigenvalue weighted by molar-refractivity contribution is 6.32. The van der Waals surface area contributed by atoms with Crippen LogP contribution in [0.2, 0.25) is 10.0 Å². The molecule has 30 heavy (non-hydrogen) atoms. The lowest BCUT2D eigenvalue weighted by Gasteiger charge is -2.09. The standard InChI is InChI=1S/C24H28Cl2O4/c1-15-17(25)11-13-21(29)23(15)19(27)9-7-5-3-4-6-8-10-20(28)24-16(2)18(26)12-14-22(24)30/h11-14,29-30H,3-10H2,1-2H3. The van der Waals surface area contributed by atoms with Crippen molar-refractivity contribution in [2.45, 2.75) is 65.2 Å². The number of hydrogen-bond acceptors (Lipinski definition) is 4. The van der Waals surface area contributed by atoms with Gasteiger partial charge in [-0.25, -0.2) is 0 Å². The SMILES string of the molecule is Cc1c(Cl)ccc(O)c1C(=O)CCCCCCCCC(=O)c1c(O)ccc(Cl)c1C. The molecule has 0 aliphatic carbocycles. The molecule has 6 heteroatoms. The van der Waals surface area contributed by atoms with Crippen molar-refractivity contribution >= 4 is 34.8 Å². The second kappa shape index (κ2) is 11.4. The molecule has 0 aliphatic rings. The van der Waals surface area contributed by atoms with Crippen LogP contribution in [0.1, 0.15) is 83.2 Å². The van der Waals surface area contributed by atoms with Gasteiger partial charge in [0.05, 0.1) is 11.1 Å². The predicted octanol–water partition coefficient (Wildman–Crippen LogP) is 7.21. The fourth-order valence-corrected chi connectivity index (χ4v) is 3.89. The van der Waals surface area contributed by atoms with Crippen LogP contribution in [0.3, 0.4) is 0 Å². The molecule has 0 saturated heterocycles. The van der Waals surface area contributed by atoms with Crippen LogP contribution < -0.4 is 0 Å². The van der Waals surface area contributed by atoms with Gasteiger partial charge in [-0.3, -0.25) is 9.59 Å². The molecule has 0 atom stereocenters. The number of hydrogen-bond donors (Lipinski definition) is 2. The molecule has 0 unspecified atom stereocenters. The van der Waals surface area contributed by atoms with Gasteiger partial charge < -0.3 is 10.2 Å². The Kier molecular flexibility index (Phi) is 9.19. The zero-order valence-corrected chi connectivity index (χ0v) is 18.9. The molecule has 0 fully saturated rings. The number of rotatable bonds is 11. The fraction of sp³-hybridized carbons (Fsp3) is 0.417. The molecular formula is C24H28Cl2O4. The first kappa shape index (κ1) is 24.2. The van der Waals surface area contributed by atoms with Gasteiger partial charge in [-0.1, -0.05) is 48.9 Å². The lowest BCUT2D eigenvalue weighted by molar-refractivity contribution is 0.0966. The fourth-order valence-electron chi connectivity index (χ4n) is 3.58. The lowest BCUT2D eigenvalue weighted by atomic mass is 9.97. The highest BCUT2D eigenvalue weighted by Crippen LogP contribution is 2.30. The number of phenols is 2. The van der Waals surface area contributed by atoms with Crippen LogP contribution in [0.4, 0.5) is 0 Å². The molecule has 0 radical (unpaired) electrons. The smallest absolute Gasteiger partial charge is 0.166 e. The van der Waals surface area contributed by atoms with Crippen molar-refractivity contribution in [3.63, 3.8) is 0 Å². The minimum Gasteiger partial charge on any atom is -0.507 e. The van der Waals surface area contributed by atoms with E-state index in [-0.39, 0.29) is 23.1 Å². The summed E-state index contributed by atoms with van der Waals surface area (Å²) in [6.45, 7) is 3.47. The van der Waals surface area contributed by atoms with Gasteiger partial charge in [0, 0.05) is 22.9 Å². The third kappa shape index (κ3) is 6.23. The molecular weight excluding hydrogens is 423 g/mol. The first-order valence-corrected chi connectivity index (χ1v) is 11.0. The molecule has 4 nitrogen and oxygen atoms in total. The zero-order valence-electron chi connectivity index (χ0n) is 17.4. The molecule has 0 bridgehead atoms. The second-order valence-electron chi connectivity index (χ2n) is 7.60. The van der Waals surface area contributed by atoms with E-state index in [1.54, 1.807) is 26.0 Å². The number of unbranched alkanes of at least 4 members (excludes halogenated alkanes) is 5. The van der Waals surface area contributed by atoms with Crippen LogP contribution in [-0.4, -0.2) is 21.8 Å². The Bertz CT molecular complexity index is 846. The van der Waals surface area contributed by atoms with Crippen LogP contribution in [-0.2, 0) is 0 Å². The van der Waals surface area contributed by atoms with E-state index in [4.69, 9.17) is 23.2 Å². The summed E-state index contributed by atoms with van der Waals surface area (Å²) in [6, 6.07) is 6.08. The topological polar surface area (TPSA) is 74.6 Å². The number of phenolic OH excluding ortho intramolecular Hbond substituents is 2. The Morgan fingerprint density at radius 3 is 1.37 bits per heavy atom. The first-order chi connectivity index (χ1) is 14.2. The summed E-state index contributed by atoms with van der Waals surface area (Å²) in [4.78, 5) is 24.8. The highest BCUT2D eigenvalue weighted by atomic mass is 35.5. The van der Waals surface area contributed by atoms with Gasteiger partial charge in [0.25, 0.3) is 0 Å². The molecule has 0 amide bonds. The van der Waals surface area contributed by atoms with E-state index in [0.717, 1.165) is 38.5 Å². The molecule has 162 valence electrons. The summed E-state index contributed by atoms with van der Waals surface area (Å²) in [5.41, 5.74) is 1.88. The molecule has 0 saturated carbocycles. The second-order valence-corrected chi connectivity index (χ2v) is 8.42. The number of carbonyl (C=O) groups is 2. The number of ketones is 2. The van der Waals surface area contributed by atoms with Crippen molar-refractivity contribution < 1.29 is 19.8 Å². The predicted molar refractivity (Wildman–Crippen MR) is 121 cm³/mol. The number of benzene rings is 2. The third-order valence-corrected chi connectivity index (χ3v) is 6.19. The van der Waals surface area contributed by atoms with Crippen molar-refractivity contribution in [2.24, 2.45) is 0 Å². The maximum absolute atomic E-state index is 12.4. The molecule has 0 spiro atoms. The summed E-state index contributed by atoms with van der Waals surface area (Å²) in [5.74, 6) is -0.218. The van der Waals surface area contributed by atoms with Gasteiger partial charge in [-0.05, 0) is 62.1 Å². The van der Waals surface area contributed by atoms with Crippen LogP contribution in [0.15, 0.2) is 24.3 Å². The van der Waals surface area contributed by atoms with Crippen LogP contribution in [0, 0.1) is 13.8 Å². The van der Waals surface area contributed by atoms with E-state index in [0.29, 0.717) is 45.1 Å². The summed E-state index contributed by atoms with van der Waals surface area (Å²) < 4.78 is 0. The van der Waals surface area contributed by atoms with Gasteiger partial charge in [-0.2, -0.15) is 0 Å². The number of aromatic hydroxyl groups is 2. The van der Waals surface area contributed by atoms with E-state index in [9.17, 15) is 19.8 Å². The van der Waals surface area contributed by atoms with Crippen molar-refractivity contribution in [3.05, 3.63) is 56.6 Å². The molecule has 0 heterocycles. The molecule has 2 aromatic carbocycles. The summed E-state index contributed by atoms with van der Waals surface area (Å²) in [5, 5.41) is 20.8. The van der Waals surface area contributed by atoms with E-state index in [1.165, 1.54) is 12.1 Å². The average Bonchev–Trinajstić information content (AvgIpc) is 2.70. The monoisotopic (exact) mass is 450 g/mol. The van der Waals surface area contributed by atoms with Crippen LogP contribution in [0.5, 0.6) is 11.5 Å². The molecule has 0 aromatic heterocycles. The Balaban J connectivity index is 1.66. The van der Waals surface area contributed by atoms with Crippen LogP contribution >= 0.6 is 23.2 Å². The van der Waals surface area contributed by atoms with Crippen molar-refractivity contribution in [2.75, 3.05) is 0 Å². The van der Waals surface area contributed by atoms with Crippen molar-refractivity contribution in [3.8, 4) is 11.5 Å². The zero-order chi connectivity index (χ0) is 22.3. The largest absolute Gasteiger partial charge is 0.507 e. The van der Waals surface area contributed by atoms with Gasteiger partial charge in [0.1, 0.15) is 11.5 Å².